The zero-order valence-electron chi connectivity index (χ0n) is 8.12. The minimum Gasteiger partial charge on any atom is -0.464 e. The van der Waals surface area contributed by atoms with Crippen LogP contribution in [0.3, 0.4) is 0 Å². The van der Waals surface area contributed by atoms with Crippen LogP contribution in [0, 0.1) is 0 Å². The molecule has 0 spiro atoms. The minimum atomic E-state index is 0.0123. The number of hydrogen-bond acceptors (Lipinski definition) is 2. The average Bonchev–Trinajstić information content (AvgIpc) is 2.62. The third-order valence-electron chi connectivity index (χ3n) is 2.08. The summed E-state index contributed by atoms with van der Waals surface area (Å²) in [6, 6.07) is 3.97. The quantitative estimate of drug-likeness (QED) is 0.706. The van der Waals surface area contributed by atoms with E-state index in [-0.39, 0.29) is 6.04 Å². The van der Waals surface area contributed by atoms with Crippen LogP contribution >= 0.6 is 0 Å². The van der Waals surface area contributed by atoms with Gasteiger partial charge in [-0.2, -0.15) is 0 Å². The number of rotatable bonds is 5. The van der Waals surface area contributed by atoms with E-state index in [1.807, 2.05) is 18.2 Å². The molecule has 2 nitrogen and oxygen atoms in total. The Labute approximate surface area is 79.4 Å². The van der Waals surface area contributed by atoms with Crippen LogP contribution in [0.1, 0.15) is 37.3 Å². The summed E-state index contributed by atoms with van der Waals surface area (Å²) in [6.45, 7) is 5.73. The van der Waals surface area contributed by atoms with Crippen molar-refractivity contribution in [2.75, 3.05) is 0 Å². The Balaban J connectivity index is 2.54. The molecule has 0 saturated heterocycles. The van der Waals surface area contributed by atoms with Gasteiger partial charge in [-0.3, -0.25) is 0 Å². The van der Waals surface area contributed by atoms with Gasteiger partial charge in [0.1, 0.15) is 11.5 Å². The first-order chi connectivity index (χ1) is 6.27. The molecule has 0 aromatic carbocycles. The SMILES string of the molecule is C=CCCC(N)c1ccc(CC)o1. The molecule has 1 unspecified atom stereocenters. The van der Waals surface area contributed by atoms with Crippen molar-refractivity contribution in [3.8, 4) is 0 Å². The second-order valence-electron chi connectivity index (χ2n) is 3.13. The Morgan fingerprint density at radius 1 is 1.62 bits per heavy atom. The van der Waals surface area contributed by atoms with Gasteiger partial charge in [-0.15, -0.1) is 6.58 Å². The maximum atomic E-state index is 5.91. The summed E-state index contributed by atoms with van der Waals surface area (Å²) < 4.78 is 5.53. The van der Waals surface area contributed by atoms with Gasteiger partial charge in [-0.1, -0.05) is 13.0 Å². The summed E-state index contributed by atoms with van der Waals surface area (Å²) in [7, 11) is 0. The highest BCUT2D eigenvalue weighted by Gasteiger charge is 2.08. The van der Waals surface area contributed by atoms with Crippen molar-refractivity contribution in [3.05, 3.63) is 36.3 Å². The number of allylic oxidation sites excluding steroid dienone is 1. The highest BCUT2D eigenvalue weighted by molar-refractivity contribution is 5.10. The van der Waals surface area contributed by atoms with Gasteiger partial charge in [0.2, 0.25) is 0 Å². The molecule has 0 bridgehead atoms. The van der Waals surface area contributed by atoms with Gasteiger partial charge in [0, 0.05) is 6.42 Å². The van der Waals surface area contributed by atoms with Crippen LogP contribution < -0.4 is 5.73 Å². The minimum absolute atomic E-state index is 0.0123. The van der Waals surface area contributed by atoms with Crippen molar-refractivity contribution in [2.24, 2.45) is 5.73 Å². The molecule has 72 valence electrons. The Morgan fingerprint density at radius 2 is 2.38 bits per heavy atom. The number of aryl methyl sites for hydroxylation is 1. The van der Waals surface area contributed by atoms with Crippen molar-refractivity contribution in [1.82, 2.24) is 0 Å². The molecule has 1 rings (SSSR count). The Hall–Kier alpha value is -1.02. The largest absolute Gasteiger partial charge is 0.464 e. The topological polar surface area (TPSA) is 39.2 Å². The van der Waals surface area contributed by atoms with E-state index < -0.39 is 0 Å². The van der Waals surface area contributed by atoms with Crippen LogP contribution in [-0.4, -0.2) is 0 Å². The van der Waals surface area contributed by atoms with Crippen molar-refractivity contribution in [1.29, 1.82) is 0 Å². The lowest BCUT2D eigenvalue weighted by Gasteiger charge is -2.05. The van der Waals surface area contributed by atoms with Crippen LogP contribution in [0.4, 0.5) is 0 Å². The van der Waals surface area contributed by atoms with Gasteiger partial charge >= 0.3 is 0 Å². The first kappa shape index (κ1) is 10.1. The van der Waals surface area contributed by atoms with Gasteiger partial charge < -0.3 is 10.2 Å². The van der Waals surface area contributed by atoms with E-state index in [4.69, 9.17) is 10.2 Å². The number of nitrogens with two attached hydrogens (primary N) is 1. The number of furan rings is 1. The molecule has 1 aromatic heterocycles. The van der Waals surface area contributed by atoms with Gasteiger partial charge in [0.05, 0.1) is 6.04 Å². The second-order valence-corrected chi connectivity index (χ2v) is 3.13. The molecule has 0 aliphatic heterocycles. The van der Waals surface area contributed by atoms with Gasteiger partial charge in [0.15, 0.2) is 0 Å². The maximum absolute atomic E-state index is 5.91. The van der Waals surface area contributed by atoms with Crippen LogP contribution in [0.5, 0.6) is 0 Å². The predicted molar refractivity (Wildman–Crippen MR) is 54.4 cm³/mol. The van der Waals surface area contributed by atoms with Crippen molar-refractivity contribution >= 4 is 0 Å². The summed E-state index contributed by atoms with van der Waals surface area (Å²) in [5.41, 5.74) is 5.91. The lowest BCUT2D eigenvalue weighted by molar-refractivity contribution is 0.426. The van der Waals surface area contributed by atoms with Crippen molar-refractivity contribution < 1.29 is 4.42 Å². The van der Waals surface area contributed by atoms with Gasteiger partial charge in [-0.25, -0.2) is 0 Å². The van der Waals surface area contributed by atoms with Crippen molar-refractivity contribution in [2.45, 2.75) is 32.2 Å². The smallest absolute Gasteiger partial charge is 0.120 e. The highest BCUT2D eigenvalue weighted by Crippen LogP contribution is 2.18. The van der Waals surface area contributed by atoms with E-state index in [1.165, 1.54) is 0 Å². The van der Waals surface area contributed by atoms with E-state index >= 15 is 0 Å². The summed E-state index contributed by atoms with van der Waals surface area (Å²) >= 11 is 0. The lowest BCUT2D eigenvalue weighted by Crippen LogP contribution is -2.08. The van der Waals surface area contributed by atoms with Crippen molar-refractivity contribution in [3.63, 3.8) is 0 Å². The zero-order chi connectivity index (χ0) is 9.68. The lowest BCUT2D eigenvalue weighted by atomic mass is 10.1. The molecule has 1 heterocycles. The summed E-state index contributed by atoms with van der Waals surface area (Å²) in [5, 5.41) is 0. The average molecular weight is 179 g/mol. The fourth-order valence-electron chi connectivity index (χ4n) is 1.22. The molecule has 0 amide bonds. The molecular formula is C11H17NO. The van der Waals surface area contributed by atoms with E-state index in [0.717, 1.165) is 30.8 Å². The highest BCUT2D eigenvalue weighted by atomic mass is 16.3. The van der Waals surface area contributed by atoms with E-state index in [0.29, 0.717) is 0 Å². The zero-order valence-corrected chi connectivity index (χ0v) is 8.12. The Morgan fingerprint density at radius 3 is 2.92 bits per heavy atom. The van der Waals surface area contributed by atoms with E-state index in [9.17, 15) is 0 Å². The Bertz CT molecular complexity index is 265. The normalized spacial score (nSPS) is 12.8. The summed E-state index contributed by atoms with van der Waals surface area (Å²) in [4.78, 5) is 0. The van der Waals surface area contributed by atoms with E-state index in [1.54, 1.807) is 0 Å². The standard InChI is InChI=1S/C11H17NO/c1-3-5-6-10(12)11-8-7-9(4-2)13-11/h3,7-8,10H,1,4-6,12H2,2H3. The van der Waals surface area contributed by atoms with Crippen LogP contribution in [-0.2, 0) is 6.42 Å². The third kappa shape index (κ3) is 2.74. The number of hydrogen-bond donors (Lipinski definition) is 1. The fraction of sp³-hybridized carbons (Fsp3) is 0.455. The first-order valence-corrected chi connectivity index (χ1v) is 4.73. The molecule has 2 heteroatoms. The summed E-state index contributed by atoms with van der Waals surface area (Å²) in [5.74, 6) is 1.89. The molecule has 2 N–H and O–H groups in total. The Kier molecular flexibility index (Phi) is 3.77. The first-order valence-electron chi connectivity index (χ1n) is 4.73. The fourth-order valence-corrected chi connectivity index (χ4v) is 1.22. The molecule has 0 fully saturated rings. The molecule has 0 saturated carbocycles. The molecule has 0 aliphatic carbocycles. The van der Waals surface area contributed by atoms with Gasteiger partial charge in [-0.05, 0) is 25.0 Å². The molecule has 0 aliphatic rings. The molecule has 13 heavy (non-hydrogen) atoms. The van der Waals surface area contributed by atoms with E-state index in [2.05, 4.69) is 13.5 Å². The summed E-state index contributed by atoms with van der Waals surface area (Å²) in [6.07, 6.45) is 4.64. The second kappa shape index (κ2) is 4.87. The van der Waals surface area contributed by atoms with Crippen LogP contribution in [0.15, 0.2) is 29.2 Å². The monoisotopic (exact) mass is 179 g/mol. The van der Waals surface area contributed by atoms with Crippen LogP contribution in [0.2, 0.25) is 0 Å². The molecule has 0 radical (unpaired) electrons. The molecule has 1 aromatic rings. The third-order valence-corrected chi connectivity index (χ3v) is 2.08. The maximum Gasteiger partial charge on any atom is 0.120 e. The predicted octanol–water partition coefficient (Wildman–Crippen LogP) is 2.81. The molecule has 1 atom stereocenters. The molecular weight excluding hydrogens is 162 g/mol. The van der Waals surface area contributed by atoms with Gasteiger partial charge in [0.25, 0.3) is 0 Å². The van der Waals surface area contributed by atoms with Crippen LogP contribution in [0.25, 0.3) is 0 Å².